The summed E-state index contributed by atoms with van der Waals surface area (Å²) < 4.78 is 0. The number of rotatable bonds is 4. The molecule has 0 saturated carbocycles. The number of hydrogen-bond acceptors (Lipinski definition) is 3. The molecule has 4 unspecified atom stereocenters. The van der Waals surface area contributed by atoms with Gasteiger partial charge in [-0.05, 0) is 38.5 Å². The van der Waals surface area contributed by atoms with Crippen LogP contribution in [0.15, 0.2) is 0 Å². The minimum Gasteiger partial charge on any atom is -0.394 e. The van der Waals surface area contributed by atoms with Crippen LogP contribution in [0.25, 0.3) is 0 Å². The average molecular weight is 228 g/mol. The number of aliphatic hydroxyl groups excluding tert-OH is 1. The van der Waals surface area contributed by atoms with Gasteiger partial charge in [-0.3, -0.25) is 0 Å². The van der Waals surface area contributed by atoms with Gasteiger partial charge in [0.1, 0.15) is 0 Å². The molecule has 0 aromatic carbocycles. The highest BCUT2D eigenvalue weighted by atomic mass is 16.3. The van der Waals surface area contributed by atoms with Gasteiger partial charge in [-0.15, -0.1) is 0 Å². The Balaban J connectivity index is 2.50. The second-order valence-electron chi connectivity index (χ2n) is 6.27. The summed E-state index contributed by atoms with van der Waals surface area (Å²) in [6.45, 7) is 11.2. The lowest BCUT2D eigenvalue weighted by molar-refractivity contribution is 0.0777. The molecule has 3 nitrogen and oxygen atoms in total. The number of nitrogens with two attached hydrogens (primary N) is 1. The molecule has 0 aromatic heterocycles. The van der Waals surface area contributed by atoms with Gasteiger partial charge < -0.3 is 15.7 Å². The normalized spacial score (nSPS) is 33.4. The van der Waals surface area contributed by atoms with E-state index in [9.17, 15) is 5.11 Å². The largest absolute Gasteiger partial charge is 0.394 e. The van der Waals surface area contributed by atoms with Gasteiger partial charge in [-0.25, -0.2) is 0 Å². The average Bonchev–Trinajstić information content (AvgIpc) is 2.15. The summed E-state index contributed by atoms with van der Waals surface area (Å²) in [7, 11) is 0. The Kier molecular flexibility index (Phi) is 4.77. The molecule has 0 aromatic rings. The van der Waals surface area contributed by atoms with Crippen molar-refractivity contribution in [3.63, 3.8) is 0 Å². The predicted molar refractivity (Wildman–Crippen MR) is 68.3 cm³/mol. The van der Waals surface area contributed by atoms with Crippen molar-refractivity contribution in [2.24, 2.45) is 17.6 Å². The monoisotopic (exact) mass is 228 g/mol. The molecule has 1 saturated heterocycles. The first-order valence-corrected chi connectivity index (χ1v) is 6.48. The van der Waals surface area contributed by atoms with E-state index in [-0.39, 0.29) is 6.61 Å². The van der Waals surface area contributed by atoms with Crippen LogP contribution in [0.1, 0.15) is 40.5 Å². The van der Waals surface area contributed by atoms with E-state index in [1.54, 1.807) is 0 Å². The van der Waals surface area contributed by atoms with Crippen molar-refractivity contribution in [1.29, 1.82) is 0 Å². The fraction of sp³-hybridized carbons (Fsp3) is 1.00. The lowest BCUT2D eigenvalue weighted by Gasteiger charge is -2.41. The Hall–Kier alpha value is -0.120. The molecule has 0 radical (unpaired) electrons. The van der Waals surface area contributed by atoms with Gasteiger partial charge in [0.25, 0.3) is 0 Å². The van der Waals surface area contributed by atoms with Crippen LogP contribution in [0.5, 0.6) is 0 Å². The molecule has 1 heterocycles. The van der Waals surface area contributed by atoms with Crippen molar-refractivity contribution >= 4 is 0 Å². The Bertz CT molecular complexity index is 208. The fourth-order valence-electron chi connectivity index (χ4n) is 2.94. The molecule has 0 amide bonds. The van der Waals surface area contributed by atoms with Gasteiger partial charge in [0.2, 0.25) is 0 Å². The SMILES string of the molecule is CC1CC(C)CN(C(C)CC(C)(N)CO)C1. The molecule has 4 atom stereocenters. The number of piperidine rings is 1. The van der Waals surface area contributed by atoms with Crippen LogP contribution in [0.4, 0.5) is 0 Å². The molecular formula is C13H28N2O. The predicted octanol–water partition coefficient (Wildman–Crippen LogP) is 1.45. The van der Waals surface area contributed by atoms with Gasteiger partial charge in [0.15, 0.2) is 0 Å². The first-order chi connectivity index (χ1) is 7.34. The molecule has 3 heteroatoms. The summed E-state index contributed by atoms with van der Waals surface area (Å²) in [5, 5.41) is 9.20. The van der Waals surface area contributed by atoms with E-state index in [1.807, 2.05) is 6.92 Å². The van der Waals surface area contributed by atoms with E-state index in [0.717, 1.165) is 18.3 Å². The van der Waals surface area contributed by atoms with Crippen LogP contribution in [0, 0.1) is 11.8 Å². The molecule has 1 aliphatic heterocycles. The molecular weight excluding hydrogens is 200 g/mol. The smallest absolute Gasteiger partial charge is 0.0609 e. The van der Waals surface area contributed by atoms with Gasteiger partial charge in [-0.2, -0.15) is 0 Å². The summed E-state index contributed by atoms with van der Waals surface area (Å²) in [6, 6.07) is 0.465. The van der Waals surface area contributed by atoms with Crippen molar-refractivity contribution < 1.29 is 5.11 Å². The van der Waals surface area contributed by atoms with E-state index < -0.39 is 5.54 Å². The summed E-state index contributed by atoms with van der Waals surface area (Å²) in [5.74, 6) is 1.56. The van der Waals surface area contributed by atoms with E-state index in [2.05, 4.69) is 25.7 Å². The zero-order valence-corrected chi connectivity index (χ0v) is 11.2. The van der Waals surface area contributed by atoms with Crippen LogP contribution in [0.2, 0.25) is 0 Å². The second-order valence-corrected chi connectivity index (χ2v) is 6.27. The lowest BCUT2D eigenvalue weighted by atomic mass is 9.88. The maximum Gasteiger partial charge on any atom is 0.0609 e. The van der Waals surface area contributed by atoms with Crippen LogP contribution in [0.3, 0.4) is 0 Å². The fourth-order valence-corrected chi connectivity index (χ4v) is 2.94. The summed E-state index contributed by atoms with van der Waals surface area (Å²) in [4.78, 5) is 2.53. The molecule has 16 heavy (non-hydrogen) atoms. The van der Waals surface area contributed by atoms with Crippen molar-refractivity contribution in [3.05, 3.63) is 0 Å². The Labute approximate surface area is 100 Å². The van der Waals surface area contributed by atoms with Gasteiger partial charge in [-0.1, -0.05) is 13.8 Å². The maximum absolute atomic E-state index is 9.20. The molecule has 96 valence electrons. The van der Waals surface area contributed by atoms with Crippen molar-refractivity contribution in [2.75, 3.05) is 19.7 Å². The topological polar surface area (TPSA) is 49.5 Å². The van der Waals surface area contributed by atoms with E-state index in [0.29, 0.717) is 6.04 Å². The van der Waals surface area contributed by atoms with Crippen LogP contribution in [-0.2, 0) is 0 Å². The summed E-state index contributed by atoms with van der Waals surface area (Å²) >= 11 is 0. The minimum absolute atomic E-state index is 0.0658. The zero-order valence-electron chi connectivity index (χ0n) is 11.2. The standard InChI is InChI=1S/C13H28N2O/c1-10-5-11(2)8-15(7-10)12(3)6-13(4,14)9-16/h10-12,16H,5-9,14H2,1-4H3. The minimum atomic E-state index is -0.441. The molecule has 1 fully saturated rings. The Morgan fingerprint density at radius 1 is 1.38 bits per heavy atom. The highest BCUT2D eigenvalue weighted by Gasteiger charge is 2.29. The summed E-state index contributed by atoms with van der Waals surface area (Å²) in [5.41, 5.74) is 5.58. The second kappa shape index (κ2) is 5.48. The van der Waals surface area contributed by atoms with Crippen molar-refractivity contribution in [1.82, 2.24) is 4.90 Å². The van der Waals surface area contributed by atoms with Crippen LogP contribution >= 0.6 is 0 Å². The molecule has 3 N–H and O–H groups in total. The maximum atomic E-state index is 9.20. The Morgan fingerprint density at radius 2 is 1.88 bits per heavy atom. The number of nitrogens with zero attached hydrogens (tertiary/aromatic N) is 1. The Morgan fingerprint density at radius 3 is 2.31 bits per heavy atom. The van der Waals surface area contributed by atoms with Gasteiger partial charge in [0, 0.05) is 24.7 Å². The lowest BCUT2D eigenvalue weighted by Crippen LogP contribution is -2.50. The highest BCUT2D eigenvalue weighted by molar-refractivity contribution is 4.86. The first-order valence-electron chi connectivity index (χ1n) is 6.48. The van der Waals surface area contributed by atoms with E-state index >= 15 is 0 Å². The molecule has 0 spiro atoms. The van der Waals surface area contributed by atoms with Crippen LogP contribution < -0.4 is 5.73 Å². The van der Waals surface area contributed by atoms with Gasteiger partial charge >= 0.3 is 0 Å². The van der Waals surface area contributed by atoms with E-state index in [4.69, 9.17) is 5.73 Å². The molecule has 0 aliphatic carbocycles. The molecule has 1 rings (SSSR count). The summed E-state index contributed by atoms with van der Waals surface area (Å²) in [6.07, 6.45) is 2.20. The van der Waals surface area contributed by atoms with Crippen molar-refractivity contribution in [2.45, 2.75) is 52.1 Å². The first kappa shape index (κ1) is 13.9. The number of likely N-dealkylation sites (tertiary alicyclic amines) is 1. The van der Waals surface area contributed by atoms with Crippen LogP contribution in [-0.4, -0.2) is 41.3 Å². The molecule has 1 aliphatic rings. The highest BCUT2D eigenvalue weighted by Crippen LogP contribution is 2.24. The number of aliphatic hydroxyl groups is 1. The van der Waals surface area contributed by atoms with Gasteiger partial charge in [0.05, 0.1) is 6.61 Å². The quantitative estimate of drug-likeness (QED) is 0.766. The molecule has 0 bridgehead atoms. The zero-order chi connectivity index (χ0) is 12.3. The third-order valence-electron chi connectivity index (χ3n) is 3.64. The number of hydrogen-bond donors (Lipinski definition) is 2. The third-order valence-corrected chi connectivity index (χ3v) is 3.64. The van der Waals surface area contributed by atoms with Crippen molar-refractivity contribution in [3.8, 4) is 0 Å². The third kappa shape index (κ3) is 4.04. The van der Waals surface area contributed by atoms with E-state index in [1.165, 1.54) is 19.5 Å².